The van der Waals surface area contributed by atoms with Crippen LogP contribution in [0.3, 0.4) is 0 Å². The Morgan fingerprint density at radius 1 is 1.27 bits per heavy atom. The summed E-state index contributed by atoms with van der Waals surface area (Å²) >= 11 is 0. The molecule has 174 valence electrons. The molecule has 1 aromatic heterocycles. The van der Waals surface area contributed by atoms with E-state index in [2.05, 4.69) is 18.1 Å². The zero-order valence-electron chi connectivity index (χ0n) is 14.9. The van der Waals surface area contributed by atoms with Crippen LogP contribution in [0.4, 0.5) is 5.95 Å². The summed E-state index contributed by atoms with van der Waals surface area (Å²) in [6, 6.07) is 0. The molecule has 0 aliphatic carbocycles. The minimum atomic E-state index is -5.64. The number of aryl methyl sites for hydroxylation is 1. The van der Waals surface area contributed by atoms with Crippen LogP contribution in [-0.2, 0) is 34.1 Å². The van der Waals surface area contributed by atoms with Crippen molar-refractivity contribution in [2.75, 3.05) is 12.3 Å². The van der Waals surface area contributed by atoms with Gasteiger partial charge in [0.25, 0.3) is 0 Å². The SMILES string of the molecule is Cn1cc([C@@H]2O[C@H](CO[PH](O)(O)OP(=O)(O)OP(=O)(O)O)C(O)[C@@H]2O)c(=O)nc1N. The Bertz CT molecular complexity index is 932. The van der Waals surface area contributed by atoms with Gasteiger partial charge >= 0.3 is 167 Å². The Balaban J connectivity index is 2.07. The summed E-state index contributed by atoms with van der Waals surface area (Å²) in [6.07, 6.45) is -5.07. The number of rotatable bonds is 8. The fraction of sp³-hybridized carbons (Fsp3) is 0.600. The fourth-order valence-corrected chi connectivity index (χ4v) is 5.74. The molecule has 2 heterocycles. The third kappa shape index (κ3) is 6.56. The summed E-state index contributed by atoms with van der Waals surface area (Å²) in [4.78, 5) is 60.7. The Morgan fingerprint density at radius 2 is 1.87 bits per heavy atom. The topological polar surface area (TPSA) is 274 Å². The van der Waals surface area contributed by atoms with Gasteiger partial charge in [0.05, 0.1) is 0 Å². The normalized spacial score (nSPS) is 27.7. The van der Waals surface area contributed by atoms with E-state index in [1.165, 1.54) is 17.8 Å². The fourth-order valence-electron chi connectivity index (χ4n) is 2.43. The number of ether oxygens (including phenoxy) is 1. The van der Waals surface area contributed by atoms with E-state index in [4.69, 9.17) is 25.2 Å². The van der Waals surface area contributed by atoms with Crippen molar-refractivity contribution in [3.05, 3.63) is 22.1 Å². The van der Waals surface area contributed by atoms with Crippen molar-refractivity contribution in [2.24, 2.45) is 7.05 Å². The van der Waals surface area contributed by atoms with Gasteiger partial charge in [0.15, 0.2) is 0 Å². The van der Waals surface area contributed by atoms with Crippen LogP contribution >= 0.6 is 23.8 Å². The van der Waals surface area contributed by atoms with Crippen molar-refractivity contribution in [2.45, 2.75) is 24.4 Å². The van der Waals surface area contributed by atoms with E-state index in [0.29, 0.717) is 0 Å². The van der Waals surface area contributed by atoms with Crippen molar-refractivity contribution in [1.82, 2.24) is 9.55 Å². The predicted molar refractivity (Wildman–Crippen MR) is 96.3 cm³/mol. The molecule has 0 radical (unpaired) electrons. The van der Waals surface area contributed by atoms with E-state index < -0.39 is 60.4 Å². The first kappa shape index (κ1) is 25.4. The average Bonchev–Trinajstić information content (AvgIpc) is 2.81. The molecule has 30 heavy (non-hydrogen) atoms. The van der Waals surface area contributed by atoms with Crippen molar-refractivity contribution >= 4 is 29.8 Å². The van der Waals surface area contributed by atoms with Crippen LogP contribution in [0, 0.1) is 0 Å². The summed E-state index contributed by atoms with van der Waals surface area (Å²) in [5.41, 5.74) is 4.44. The summed E-state index contributed by atoms with van der Waals surface area (Å²) < 4.78 is 40.2. The van der Waals surface area contributed by atoms with Gasteiger partial charge in [-0.15, -0.1) is 0 Å². The van der Waals surface area contributed by atoms with E-state index in [1.54, 1.807) is 0 Å². The van der Waals surface area contributed by atoms with Crippen molar-refractivity contribution < 1.29 is 61.7 Å². The first-order valence-electron chi connectivity index (χ1n) is 7.75. The first-order chi connectivity index (χ1) is 13.5. The third-order valence-electron chi connectivity index (χ3n) is 3.71. The first-order valence-corrected chi connectivity index (χ1v) is 12.5. The van der Waals surface area contributed by atoms with Crippen molar-refractivity contribution in [3.63, 3.8) is 0 Å². The molecule has 2 rings (SSSR count). The van der Waals surface area contributed by atoms with E-state index >= 15 is 0 Å². The molecular weight excluding hydrogens is 479 g/mol. The van der Waals surface area contributed by atoms with Crippen LogP contribution in [-0.4, -0.2) is 69.1 Å². The molecular formula is C10H20N3O14P3. The molecule has 2 unspecified atom stereocenters. The molecule has 17 nitrogen and oxygen atoms in total. The second-order valence-corrected chi connectivity index (χ2v) is 10.7. The van der Waals surface area contributed by atoms with Gasteiger partial charge < -0.3 is 0 Å². The van der Waals surface area contributed by atoms with Crippen LogP contribution in [0.15, 0.2) is 11.0 Å². The van der Waals surface area contributed by atoms with Gasteiger partial charge in [-0.25, -0.2) is 0 Å². The summed E-state index contributed by atoms with van der Waals surface area (Å²) in [7, 11) is -15.3. The van der Waals surface area contributed by atoms with Gasteiger partial charge in [0.1, 0.15) is 0 Å². The van der Waals surface area contributed by atoms with E-state index in [9.17, 15) is 33.9 Å². The minimum absolute atomic E-state index is 0.129. The maximum absolute atomic E-state index is 12.0. The zero-order chi connectivity index (χ0) is 23.1. The predicted octanol–water partition coefficient (Wildman–Crippen LogP) is -2.84. The van der Waals surface area contributed by atoms with Gasteiger partial charge in [-0.05, 0) is 0 Å². The third-order valence-corrected chi connectivity index (χ3v) is 7.80. The monoisotopic (exact) mass is 499 g/mol. The Labute approximate surface area is 167 Å². The molecule has 0 bridgehead atoms. The molecule has 9 N–H and O–H groups in total. The molecule has 0 spiro atoms. The summed E-state index contributed by atoms with van der Waals surface area (Å²) in [5, 5.41) is 20.2. The zero-order valence-corrected chi connectivity index (χ0v) is 17.7. The number of aliphatic hydroxyl groups is 2. The molecule has 5 atom stereocenters. The van der Waals surface area contributed by atoms with Crippen LogP contribution in [0.2, 0.25) is 0 Å². The Kier molecular flexibility index (Phi) is 7.56. The molecule has 20 heteroatoms. The molecule has 0 amide bonds. The number of nitrogens with zero attached hydrogens (tertiary/aromatic N) is 2. The van der Waals surface area contributed by atoms with E-state index in [0.717, 1.165) is 0 Å². The number of hydrogen-bond donors (Lipinski definition) is 8. The molecule has 1 fully saturated rings. The standard InChI is InChI=1S/C10H20N3O14P3/c1-13-2-4(9(16)12-10(13)11)8-7(15)6(14)5(25-8)3-24-29(20,21)27-30(22,23)26-28(17,18)19/h2,5-8,14-15,20-21,29H,3H2,1H3,(H,22,23)(H2,11,12,16)(H2,17,18,19)/t5-,6?,7+,8+/m1/s1. The number of phosphoric acid groups is 2. The molecule has 1 aliphatic rings. The summed E-state index contributed by atoms with van der Waals surface area (Å²) in [6.45, 7) is -0.938. The molecule has 1 aromatic rings. The molecule has 1 aliphatic heterocycles. The van der Waals surface area contributed by atoms with E-state index in [1.807, 2.05) is 0 Å². The van der Waals surface area contributed by atoms with Crippen molar-refractivity contribution in [1.29, 1.82) is 0 Å². The Morgan fingerprint density at radius 3 is 2.43 bits per heavy atom. The van der Waals surface area contributed by atoms with Crippen LogP contribution < -0.4 is 11.3 Å². The van der Waals surface area contributed by atoms with Crippen LogP contribution in [0.1, 0.15) is 11.7 Å². The number of anilines is 1. The molecule has 0 aromatic carbocycles. The summed E-state index contributed by atoms with van der Waals surface area (Å²) in [5.74, 6) is -0.129. The number of hydrogen-bond acceptors (Lipinski definition) is 13. The van der Waals surface area contributed by atoms with Crippen LogP contribution in [0.25, 0.3) is 0 Å². The Hall–Kier alpha value is -0.870. The van der Waals surface area contributed by atoms with E-state index in [-0.39, 0.29) is 11.5 Å². The second kappa shape index (κ2) is 8.94. The number of nitrogen functional groups attached to an aromatic ring is 1. The quantitative estimate of drug-likeness (QED) is 0.167. The second-order valence-electron chi connectivity index (χ2n) is 6.04. The molecule has 1 saturated heterocycles. The van der Waals surface area contributed by atoms with Gasteiger partial charge in [0, 0.05) is 0 Å². The molecule has 0 saturated carbocycles. The average molecular weight is 499 g/mol. The van der Waals surface area contributed by atoms with Gasteiger partial charge in [0.2, 0.25) is 0 Å². The number of aromatic nitrogens is 2. The van der Waals surface area contributed by atoms with Crippen LogP contribution in [0.5, 0.6) is 0 Å². The van der Waals surface area contributed by atoms with Gasteiger partial charge in [-0.3, -0.25) is 0 Å². The maximum atomic E-state index is 12.0. The number of aliphatic hydroxyl groups excluding tert-OH is 2. The number of nitrogens with two attached hydrogens (primary N) is 1. The van der Waals surface area contributed by atoms with Crippen molar-refractivity contribution in [3.8, 4) is 0 Å². The van der Waals surface area contributed by atoms with Gasteiger partial charge in [-0.2, -0.15) is 0 Å². The van der Waals surface area contributed by atoms with Gasteiger partial charge in [-0.1, -0.05) is 0 Å².